The largest absolute Gasteiger partial charge is 0.369 e. The van der Waals surface area contributed by atoms with Gasteiger partial charge >= 0.3 is 17.8 Å². The average Bonchev–Trinajstić information content (AvgIpc) is 3.88. The monoisotopic (exact) mass is 784 g/mol. The maximum absolute atomic E-state index is 15.0. The smallest absolute Gasteiger partial charge is 0.328 e. The number of imide groups is 1. The summed E-state index contributed by atoms with van der Waals surface area (Å²) in [5.41, 5.74) is 8.21. The fourth-order valence-corrected chi connectivity index (χ4v) is 7.50. The number of urea groups is 1. The van der Waals surface area contributed by atoms with Crippen LogP contribution >= 0.6 is 0 Å². The summed E-state index contributed by atoms with van der Waals surface area (Å²) in [7, 11) is 0. The number of hydrogen-bond donors (Lipinski definition) is 3. The zero-order valence-electron chi connectivity index (χ0n) is 33.1. The molecule has 3 aromatic heterocycles. The first-order valence-electron chi connectivity index (χ1n) is 19.4. The topological polar surface area (TPSA) is 165 Å². The number of piperazine rings is 1. The van der Waals surface area contributed by atoms with Crippen LogP contribution in [-0.2, 0) is 16.8 Å². The number of carbonyl (C=O) groups is 3. The van der Waals surface area contributed by atoms with Crippen LogP contribution in [-0.4, -0.2) is 80.8 Å². The Bertz CT molecular complexity index is 2520. The van der Waals surface area contributed by atoms with Gasteiger partial charge in [0.2, 0.25) is 5.91 Å². The van der Waals surface area contributed by atoms with Crippen molar-refractivity contribution in [1.29, 1.82) is 0 Å². The van der Waals surface area contributed by atoms with Crippen molar-refractivity contribution in [2.75, 3.05) is 42.5 Å². The number of fused-ring (bicyclic) bond motifs is 1. The first kappa shape index (κ1) is 38.4. The number of amides is 4. The van der Waals surface area contributed by atoms with Gasteiger partial charge in [-0.05, 0) is 72.5 Å². The van der Waals surface area contributed by atoms with Crippen molar-refractivity contribution in [1.82, 2.24) is 40.9 Å². The molecule has 298 valence electrons. The third kappa shape index (κ3) is 7.89. The van der Waals surface area contributed by atoms with Crippen LogP contribution in [0.3, 0.4) is 0 Å². The van der Waals surface area contributed by atoms with Crippen molar-refractivity contribution in [3.8, 4) is 22.4 Å². The molecule has 2 aliphatic heterocycles. The van der Waals surface area contributed by atoms with Gasteiger partial charge in [-0.1, -0.05) is 56.3 Å². The SMILES string of the molecule is Cc1cc(-c2[nH]nc3ncc(-c4ccc(N5CCN(Cc6ccc(N7CCC(=O)NC7=O)c(F)c6)CC5)cc4)cc23)ccc1[C@@H](C)NC(=O)c1nc(C(C)(C)C)no1. The number of nitrogens with zero attached hydrogens (tertiary/aromatic N) is 7. The van der Waals surface area contributed by atoms with E-state index in [1.54, 1.807) is 6.07 Å². The molecule has 2 saturated heterocycles. The van der Waals surface area contributed by atoms with E-state index >= 15 is 4.39 Å². The van der Waals surface area contributed by atoms with E-state index in [-0.39, 0.29) is 41.9 Å². The second-order valence-electron chi connectivity index (χ2n) is 16.0. The van der Waals surface area contributed by atoms with Gasteiger partial charge in [0.15, 0.2) is 11.5 Å². The molecule has 1 atom stereocenters. The molecule has 3 aromatic carbocycles. The number of carbonyl (C=O) groups excluding carboxylic acids is 3. The van der Waals surface area contributed by atoms with Gasteiger partial charge < -0.3 is 14.7 Å². The Hall–Kier alpha value is -6.48. The molecule has 6 aromatic rings. The van der Waals surface area contributed by atoms with Gasteiger partial charge in [-0.15, -0.1) is 0 Å². The maximum atomic E-state index is 15.0. The van der Waals surface area contributed by atoms with Crippen molar-refractivity contribution in [3.05, 3.63) is 107 Å². The maximum Gasteiger partial charge on any atom is 0.328 e. The molecule has 4 amide bonds. The number of anilines is 2. The van der Waals surface area contributed by atoms with Gasteiger partial charge in [-0.25, -0.2) is 14.2 Å². The number of aryl methyl sites for hydroxylation is 1. The van der Waals surface area contributed by atoms with Crippen LogP contribution in [0.1, 0.15) is 73.4 Å². The lowest BCUT2D eigenvalue weighted by Crippen LogP contribution is -2.49. The highest BCUT2D eigenvalue weighted by Gasteiger charge is 2.28. The molecule has 2 fully saturated rings. The first-order valence-corrected chi connectivity index (χ1v) is 19.4. The number of hydrogen-bond acceptors (Lipinski definition) is 10. The van der Waals surface area contributed by atoms with Crippen molar-refractivity contribution in [2.45, 2.75) is 59.0 Å². The average molecular weight is 785 g/mol. The van der Waals surface area contributed by atoms with Crippen LogP contribution in [0.4, 0.5) is 20.6 Å². The Labute approximate surface area is 334 Å². The van der Waals surface area contributed by atoms with E-state index < -0.39 is 17.8 Å². The van der Waals surface area contributed by atoms with Gasteiger partial charge in [0.25, 0.3) is 0 Å². The number of rotatable bonds is 9. The Kier molecular flexibility index (Phi) is 10.2. The summed E-state index contributed by atoms with van der Waals surface area (Å²) in [6, 6.07) is 20.7. The quantitative estimate of drug-likeness (QED) is 0.144. The molecule has 58 heavy (non-hydrogen) atoms. The number of benzene rings is 3. The minimum atomic E-state index is -0.597. The third-order valence-corrected chi connectivity index (χ3v) is 10.8. The summed E-state index contributed by atoms with van der Waals surface area (Å²) in [4.78, 5) is 51.4. The summed E-state index contributed by atoms with van der Waals surface area (Å²) in [5, 5.41) is 17.7. The Morgan fingerprint density at radius 1 is 0.948 bits per heavy atom. The van der Waals surface area contributed by atoms with Crippen molar-refractivity contribution in [3.63, 3.8) is 0 Å². The number of halogens is 1. The van der Waals surface area contributed by atoms with Crippen molar-refractivity contribution >= 4 is 40.3 Å². The normalized spacial score (nSPS) is 15.8. The van der Waals surface area contributed by atoms with E-state index in [1.165, 1.54) is 11.0 Å². The molecule has 5 heterocycles. The molecule has 2 aliphatic rings. The number of pyridine rings is 1. The van der Waals surface area contributed by atoms with Crippen LogP contribution in [0.2, 0.25) is 0 Å². The Morgan fingerprint density at radius 3 is 2.40 bits per heavy atom. The van der Waals surface area contributed by atoms with Gasteiger partial charge in [0.05, 0.1) is 17.4 Å². The zero-order valence-corrected chi connectivity index (χ0v) is 33.1. The number of aromatic nitrogens is 5. The van der Waals surface area contributed by atoms with Crippen molar-refractivity contribution < 1.29 is 23.3 Å². The van der Waals surface area contributed by atoms with E-state index in [0.29, 0.717) is 18.0 Å². The summed E-state index contributed by atoms with van der Waals surface area (Å²) >= 11 is 0. The second-order valence-corrected chi connectivity index (χ2v) is 16.0. The molecule has 0 radical (unpaired) electrons. The van der Waals surface area contributed by atoms with E-state index in [1.807, 2.05) is 59.0 Å². The number of H-pyrrole nitrogens is 1. The van der Waals surface area contributed by atoms with Crippen LogP contribution in [0, 0.1) is 12.7 Å². The van der Waals surface area contributed by atoms with Crippen LogP contribution < -0.4 is 20.4 Å². The van der Waals surface area contributed by atoms with Crippen LogP contribution in [0.5, 0.6) is 0 Å². The fourth-order valence-electron chi connectivity index (χ4n) is 7.50. The number of nitrogens with one attached hydrogen (secondary N) is 3. The fraction of sp³-hybridized carbons (Fsp3) is 0.326. The lowest BCUT2D eigenvalue weighted by molar-refractivity contribution is -0.120. The van der Waals surface area contributed by atoms with Crippen LogP contribution in [0.25, 0.3) is 33.4 Å². The molecule has 15 heteroatoms. The highest BCUT2D eigenvalue weighted by Crippen LogP contribution is 2.33. The zero-order chi connectivity index (χ0) is 40.7. The van der Waals surface area contributed by atoms with Crippen LogP contribution in [0.15, 0.2) is 77.4 Å². The van der Waals surface area contributed by atoms with E-state index in [4.69, 9.17) is 4.52 Å². The van der Waals surface area contributed by atoms with Gasteiger partial charge in [-0.2, -0.15) is 10.1 Å². The summed E-state index contributed by atoms with van der Waals surface area (Å²) in [6.07, 6.45) is 1.98. The summed E-state index contributed by atoms with van der Waals surface area (Å²) < 4.78 is 20.3. The van der Waals surface area contributed by atoms with Gasteiger partial charge in [0, 0.05) is 79.5 Å². The second kappa shape index (κ2) is 15.5. The third-order valence-electron chi connectivity index (χ3n) is 10.8. The predicted octanol–water partition coefficient (Wildman–Crippen LogP) is 6.68. The lowest BCUT2D eigenvalue weighted by Gasteiger charge is -2.36. The lowest BCUT2D eigenvalue weighted by atomic mass is 9.96. The summed E-state index contributed by atoms with van der Waals surface area (Å²) in [6.45, 7) is 13.9. The molecule has 14 nitrogen and oxygen atoms in total. The Balaban J connectivity index is 0.892. The van der Waals surface area contributed by atoms with E-state index in [9.17, 15) is 14.4 Å². The predicted molar refractivity (Wildman–Crippen MR) is 218 cm³/mol. The minimum absolute atomic E-state index is 0.0596. The van der Waals surface area contributed by atoms with Gasteiger partial charge in [-0.3, -0.25) is 29.8 Å². The Morgan fingerprint density at radius 2 is 1.71 bits per heavy atom. The highest BCUT2D eigenvalue weighted by molar-refractivity contribution is 6.05. The minimum Gasteiger partial charge on any atom is -0.369 e. The molecule has 0 spiro atoms. The van der Waals surface area contributed by atoms with E-state index in [0.717, 1.165) is 76.3 Å². The molecule has 0 saturated carbocycles. The molecule has 0 aliphatic carbocycles. The first-order chi connectivity index (χ1) is 27.8. The number of aromatic amines is 1. The molecule has 3 N–H and O–H groups in total. The van der Waals surface area contributed by atoms with Gasteiger partial charge in [0.1, 0.15) is 5.82 Å². The van der Waals surface area contributed by atoms with E-state index in [2.05, 4.69) is 82.2 Å². The molecular formula is C43H45FN10O4. The molecule has 0 unspecified atom stereocenters. The molecule has 0 bridgehead atoms. The standard InChI is InChI=1S/C43H45FN10O4/c1-25-20-29(9-12-32(25)26(2)46-39(56)40-48-41(51-58-40)43(3,4)5)37-33-22-30(23-45-38(33)50-49-37)28-7-10-31(11-8-28)53-18-16-52(17-19-53)24-27-6-13-35(34(44)21-27)54-15-14-36(55)47-42(54)57/h6-13,20-23,26H,14-19,24H2,1-5H3,(H,46,56)(H,45,49,50)(H,47,55,57)/t26-/m1/s1. The highest BCUT2D eigenvalue weighted by atomic mass is 19.1. The molecule has 8 rings (SSSR count). The summed E-state index contributed by atoms with van der Waals surface area (Å²) in [5.74, 6) is -0.831. The molecular weight excluding hydrogens is 740 g/mol. The van der Waals surface area contributed by atoms with Crippen molar-refractivity contribution in [2.24, 2.45) is 0 Å².